The summed E-state index contributed by atoms with van der Waals surface area (Å²) in [4.78, 5) is 16.5. The van der Waals surface area contributed by atoms with Gasteiger partial charge in [-0.25, -0.2) is 15.0 Å². The Morgan fingerprint density at radius 3 is 2.47 bits per heavy atom. The average molecular weight is 655 g/mol. The monoisotopic (exact) mass is 654 g/mol. The van der Waals surface area contributed by atoms with Crippen LogP contribution in [0.25, 0.3) is 22.4 Å². The van der Waals surface area contributed by atoms with Crippen LogP contribution in [0.4, 0.5) is 11.6 Å². The number of benzene rings is 2. The predicted octanol–water partition coefficient (Wildman–Crippen LogP) is 6.03. The van der Waals surface area contributed by atoms with Gasteiger partial charge in [0.15, 0.2) is 0 Å². The zero-order chi connectivity index (χ0) is 32.4. The summed E-state index contributed by atoms with van der Waals surface area (Å²) >= 11 is 6.85. The Kier molecular flexibility index (Phi) is 8.85. The average Bonchev–Trinajstić information content (AvgIpc) is 3.71. The molecule has 7 rings (SSSR count). The minimum Gasteiger partial charge on any atom is -0.497 e. The standard InChI is InChI=1S/C35H39ClN8O3/c1-22(24-6-10-26(46-3)11-7-24)40-28-20-47-21-35(28)13-16-44(17-14-35)29-19-38-32-31(42-43-34(32)41-29)27-12-15-37-33(30(27)36)39-18-23-4-8-25(45-2)9-5-23/h4-12,15,19,22,28,40H,13-14,16-18,20-21H2,1-3H3,(H,37,39)(H,41,42,43)/t22?,28-/m1/s1. The molecule has 11 nitrogen and oxygen atoms in total. The second kappa shape index (κ2) is 13.3. The number of H-pyrrole nitrogens is 1. The molecule has 1 spiro atoms. The zero-order valence-electron chi connectivity index (χ0n) is 26.8. The van der Waals surface area contributed by atoms with Crippen LogP contribution in [0.2, 0.25) is 5.02 Å². The van der Waals surface area contributed by atoms with Gasteiger partial charge in [-0.2, -0.15) is 5.10 Å². The molecule has 2 fully saturated rings. The lowest BCUT2D eigenvalue weighted by Crippen LogP contribution is -2.51. The van der Waals surface area contributed by atoms with E-state index in [-0.39, 0.29) is 17.5 Å². The SMILES string of the molecule is COc1ccc(CNc2nccc(-c3[nH]nc4nc(N5CCC6(CC5)COC[C@H]6NC(C)c5ccc(OC)cc5)cnc34)c2Cl)cc1. The molecule has 0 amide bonds. The number of methoxy groups -OCH3 is 2. The molecule has 0 radical (unpaired) electrons. The van der Waals surface area contributed by atoms with Crippen LogP contribution in [0.3, 0.4) is 0 Å². The molecule has 0 bridgehead atoms. The highest BCUT2D eigenvalue weighted by molar-refractivity contribution is 6.35. The molecule has 2 saturated heterocycles. The van der Waals surface area contributed by atoms with E-state index in [2.05, 4.69) is 49.8 Å². The number of aromatic amines is 1. The highest BCUT2D eigenvalue weighted by Gasteiger charge is 2.46. The number of pyridine rings is 1. The lowest BCUT2D eigenvalue weighted by Gasteiger charge is -2.43. The fourth-order valence-electron chi connectivity index (χ4n) is 6.66. The van der Waals surface area contributed by atoms with Crippen LogP contribution in [-0.4, -0.2) is 71.7 Å². The predicted molar refractivity (Wildman–Crippen MR) is 183 cm³/mol. The lowest BCUT2D eigenvalue weighted by molar-refractivity contribution is 0.128. The molecule has 5 heterocycles. The number of hydrogen-bond donors (Lipinski definition) is 3. The van der Waals surface area contributed by atoms with Crippen molar-refractivity contribution in [1.29, 1.82) is 0 Å². The van der Waals surface area contributed by atoms with Gasteiger partial charge in [-0.1, -0.05) is 35.9 Å². The van der Waals surface area contributed by atoms with E-state index in [1.54, 1.807) is 20.4 Å². The van der Waals surface area contributed by atoms with Crippen molar-refractivity contribution in [3.05, 3.63) is 83.1 Å². The molecule has 244 valence electrons. The van der Waals surface area contributed by atoms with Gasteiger partial charge >= 0.3 is 0 Å². The Labute approximate surface area is 279 Å². The summed E-state index contributed by atoms with van der Waals surface area (Å²) in [6.07, 6.45) is 5.57. The highest BCUT2D eigenvalue weighted by atomic mass is 35.5. The van der Waals surface area contributed by atoms with Crippen LogP contribution in [-0.2, 0) is 11.3 Å². The maximum absolute atomic E-state index is 6.85. The zero-order valence-corrected chi connectivity index (χ0v) is 27.6. The third-order valence-corrected chi connectivity index (χ3v) is 9.98. The van der Waals surface area contributed by atoms with Gasteiger partial charge in [-0.3, -0.25) is 5.10 Å². The van der Waals surface area contributed by atoms with E-state index in [1.165, 1.54) is 5.56 Å². The minimum absolute atomic E-state index is 0.0888. The number of nitrogens with zero attached hydrogens (tertiary/aromatic N) is 5. The number of nitrogens with one attached hydrogen (secondary N) is 3. The third-order valence-electron chi connectivity index (χ3n) is 9.59. The Balaban J connectivity index is 1.02. The number of ether oxygens (including phenoxy) is 3. The number of piperidine rings is 1. The smallest absolute Gasteiger partial charge is 0.202 e. The normalized spacial score (nSPS) is 18.0. The van der Waals surface area contributed by atoms with Crippen molar-refractivity contribution in [1.82, 2.24) is 30.5 Å². The van der Waals surface area contributed by atoms with Crippen LogP contribution >= 0.6 is 11.6 Å². The summed E-state index contributed by atoms with van der Waals surface area (Å²) in [5, 5.41) is 15.3. The first kappa shape index (κ1) is 31.2. The number of anilines is 2. The maximum Gasteiger partial charge on any atom is 0.202 e. The second-order valence-corrected chi connectivity index (χ2v) is 12.7. The molecule has 3 aromatic heterocycles. The topological polar surface area (TPSA) is 122 Å². The van der Waals surface area contributed by atoms with Gasteiger partial charge in [0.1, 0.15) is 28.7 Å². The van der Waals surface area contributed by atoms with Crippen LogP contribution in [0.1, 0.15) is 36.9 Å². The van der Waals surface area contributed by atoms with Crippen molar-refractivity contribution >= 4 is 34.4 Å². The maximum atomic E-state index is 6.85. The Morgan fingerprint density at radius 2 is 1.74 bits per heavy atom. The second-order valence-electron chi connectivity index (χ2n) is 12.3. The van der Waals surface area contributed by atoms with Gasteiger partial charge in [0, 0.05) is 48.9 Å². The van der Waals surface area contributed by atoms with Crippen molar-refractivity contribution in [2.24, 2.45) is 5.41 Å². The van der Waals surface area contributed by atoms with Crippen LogP contribution < -0.4 is 25.0 Å². The number of halogens is 1. The molecule has 1 unspecified atom stereocenters. The van der Waals surface area contributed by atoms with E-state index < -0.39 is 0 Å². The van der Waals surface area contributed by atoms with Crippen molar-refractivity contribution in [3.8, 4) is 22.8 Å². The molecule has 0 aliphatic carbocycles. The van der Waals surface area contributed by atoms with Crippen molar-refractivity contribution in [2.45, 2.75) is 38.4 Å². The van der Waals surface area contributed by atoms with Gasteiger partial charge < -0.3 is 29.7 Å². The van der Waals surface area contributed by atoms with Gasteiger partial charge in [0.25, 0.3) is 0 Å². The Bertz CT molecular complexity index is 1820. The number of fused-ring (bicyclic) bond motifs is 1. The molecule has 5 aromatic rings. The van der Waals surface area contributed by atoms with Crippen molar-refractivity contribution < 1.29 is 14.2 Å². The van der Waals surface area contributed by atoms with Crippen molar-refractivity contribution in [3.63, 3.8) is 0 Å². The van der Waals surface area contributed by atoms with Crippen molar-refractivity contribution in [2.75, 3.05) is 50.7 Å². The Morgan fingerprint density at radius 1 is 1.02 bits per heavy atom. The third kappa shape index (κ3) is 6.30. The van der Waals surface area contributed by atoms with Gasteiger partial charge in [0.05, 0.1) is 44.3 Å². The fourth-order valence-corrected chi connectivity index (χ4v) is 6.94. The molecule has 47 heavy (non-hydrogen) atoms. The van der Waals surface area contributed by atoms with Crippen LogP contribution in [0, 0.1) is 5.41 Å². The molecular weight excluding hydrogens is 616 g/mol. The largest absolute Gasteiger partial charge is 0.497 e. The molecular formula is C35H39ClN8O3. The number of aromatic nitrogens is 5. The van der Waals surface area contributed by atoms with E-state index in [1.807, 2.05) is 48.7 Å². The number of rotatable bonds is 10. The summed E-state index contributed by atoms with van der Waals surface area (Å²) < 4.78 is 16.6. The highest BCUT2D eigenvalue weighted by Crippen LogP contribution is 2.42. The molecule has 3 N–H and O–H groups in total. The first-order valence-corrected chi connectivity index (χ1v) is 16.3. The van der Waals surface area contributed by atoms with E-state index in [9.17, 15) is 0 Å². The van der Waals surface area contributed by atoms with E-state index >= 15 is 0 Å². The molecule has 2 aliphatic rings. The number of hydrogen-bond acceptors (Lipinski definition) is 10. The first-order valence-electron chi connectivity index (χ1n) is 15.9. The van der Waals surface area contributed by atoms with E-state index in [4.69, 9.17) is 35.8 Å². The van der Waals surface area contributed by atoms with Crippen LogP contribution in [0.15, 0.2) is 67.0 Å². The molecule has 12 heteroatoms. The van der Waals surface area contributed by atoms with Crippen LogP contribution in [0.5, 0.6) is 11.5 Å². The Hall–Kier alpha value is -4.45. The molecule has 2 atom stereocenters. The molecule has 2 aromatic carbocycles. The summed E-state index contributed by atoms with van der Waals surface area (Å²) in [5.41, 5.74) is 5.09. The van der Waals surface area contributed by atoms with Gasteiger partial charge in [-0.15, -0.1) is 0 Å². The summed E-state index contributed by atoms with van der Waals surface area (Å²) in [5.74, 6) is 3.08. The van der Waals surface area contributed by atoms with Gasteiger partial charge in [0.2, 0.25) is 5.65 Å². The lowest BCUT2D eigenvalue weighted by atomic mass is 9.74. The minimum atomic E-state index is 0.0888. The molecule has 2 aliphatic heterocycles. The first-order chi connectivity index (χ1) is 23.0. The van der Waals surface area contributed by atoms with Gasteiger partial charge in [-0.05, 0) is 61.2 Å². The summed E-state index contributed by atoms with van der Waals surface area (Å²) in [6.45, 7) is 6.01. The van der Waals surface area contributed by atoms with E-state index in [0.29, 0.717) is 34.2 Å². The molecule has 0 saturated carbocycles. The fraction of sp³-hybridized carbons (Fsp3) is 0.371. The quantitative estimate of drug-likeness (QED) is 0.164. The summed E-state index contributed by atoms with van der Waals surface area (Å²) in [7, 11) is 3.35. The van der Waals surface area contributed by atoms with E-state index in [0.717, 1.165) is 67.6 Å². The summed E-state index contributed by atoms with van der Waals surface area (Å²) in [6, 6.07) is 18.5.